The van der Waals surface area contributed by atoms with E-state index in [2.05, 4.69) is 4.98 Å². The zero-order chi connectivity index (χ0) is 10.9. The number of pyridine rings is 1. The first-order chi connectivity index (χ1) is 6.32. The molecular weight excluding hydrogens is 350 g/mol. The Balaban J connectivity index is 3.45. The molecule has 0 fully saturated rings. The van der Waals surface area contributed by atoms with E-state index in [-0.39, 0.29) is 0 Å². The quantitative estimate of drug-likeness (QED) is 0.606. The fourth-order valence-corrected chi connectivity index (χ4v) is 2.27. The topological polar surface area (TPSA) is 47.0 Å². The number of hydrogen-bond acceptors (Lipinski definition) is 3. The van der Waals surface area contributed by atoms with Crippen molar-refractivity contribution in [3.05, 3.63) is 21.4 Å². The first-order valence-electron chi connectivity index (χ1n) is 3.20. The van der Waals surface area contributed by atoms with Crippen LogP contribution >= 0.6 is 33.3 Å². The van der Waals surface area contributed by atoms with Crippen LogP contribution in [0.3, 0.4) is 0 Å². The molecule has 8 heteroatoms. The highest BCUT2D eigenvalue weighted by atomic mass is 127. The molecule has 0 N–H and O–H groups in total. The number of halogens is 4. The number of hydrogen-bond donors (Lipinski definition) is 0. The number of rotatable bonds is 2. The van der Waals surface area contributed by atoms with Crippen LogP contribution in [0.15, 0.2) is 17.3 Å². The molecule has 3 nitrogen and oxygen atoms in total. The minimum absolute atomic E-state index is 0.418. The Morgan fingerprint density at radius 1 is 1.50 bits per heavy atom. The van der Waals surface area contributed by atoms with Crippen molar-refractivity contribution in [3.63, 3.8) is 0 Å². The summed E-state index contributed by atoms with van der Waals surface area (Å²) in [4.78, 5) is 3.36. The lowest BCUT2D eigenvalue weighted by Gasteiger charge is -2.04. The first-order valence-corrected chi connectivity index (χ1v) is 6.59. The van der Waals surface area contributed by atoms with Gasteiger partial charge >= 0.3 is 0 Å². The summed E-state index contributed by atoms with van der Waals surface area (Å²) in [6.45, 7) is 0. The van der Waals surface area contributed by atoms with E-state index >= 15 is 0 Å². The third-order valence-corrected chi connectivity index (χ3v) is 3.14. The van der Waals surface area contributed by atoms with Crippen molar-refractivity contribution in [1.82, 2.24) is 4.98 Å². The molecule has 0 bridgehead atoms. The van der Waals surface area contributed by atoms with Gasteiger partial charge in [0.1, 0.15) is 0 Å². The van der Waals surface area contributed by atoms with Crippen LogP contribution in [0.5, 0.6) is 0 Å². The van der Waals surface area contributed by atoms with Crippen molar-refractivity contribution >= 4 is 42.3 Å². The molecule has 0 spiro atoms. The van der Waals surface area contributed by atoms with Gasteiger partial charge in [0.05, 0.1) is 5.56 Å². The summed E-state index contributed by atoms with van der Waals surface area (Å²) in [7, 11) is 0.717. The fourth-order valence-electron chi connectivity index (χ4n) is 0.802. The molecule has 0 amide bonds. The second kappa shape index (κ2) is 4.23. The van der Waals surface area contributed by atoms with Gasteiger partial charge < -0.3 is 0 Å². The van der Waals surface area contributed by atoms with E-state index in [0.717, 1.165) is 12.3 Å². The molecule has 1 heterocycles. The summed E-state index contributed by atoms with van der Waals surface area (Å²) in [5.74, 6) is 0. The van der Waals surface area contributed by atoms with Gasteiger partial charge in [0.2, 0.25) is 0 Å². The molecule has 1 aromatic rings. The number of aromatic nitrogens is 1. The summed E-state index contributed by atoms with van der Waals surface area (Å²) >= 11 is 1.75. The van der Waals surface area contributed by atoms with Crippen molar-refractivity contribution in [1.29, 1.82) is 0 Å². The average Bonchev–Trinajstić information content (AvgIpc) is 2.01. The lowest BCUT2D eigenvalue weighted by molar-refractivity contribution is 0.147. The van der Waals surface area contributed by atoms with Gasteiger partial charge in [0, 0.05) is 20.4 Å². The van der Waals surface area contributed by atoms with Gasteiger partial charge in [-0.3, -0.25) is 0 Å². The predicted octanol–water partition coefficient (Wildman–Crippen LogP) is 2.55. The molecule has 0 aliphatic heterocycles. The minimum Gasteiger partial charge on any atom is -0.242 e. The molecule has 0 radical (unpaired) electrons. The zero-order valence-electron chi connectivity index (χ0n) is 6.42. The molecule has 0 saturated heterocycles. The molecule has 0 unspecified atom stereocenters. The Hall–Kier alpha value is -0.0200. The molecule has 1 rings (SSSR count). The second-order valence-electron chi connectivity index (χ2n) is 2.29. The Morgan fingerprint density at radius 2 is 2.07 bits per heavy atom. The van der Waals surface area contributed by atoms with Gasteiger partial charge in [-0.15, -0.1) is 0 Å². The van der Waals surface area contributed by atoms with E-state index in [1.54, 1.807) is 22.6 Å². The monoisotopic (exact) mass is 353 g/mol. The SMILES string of the molecule is O=S(=O)(Cl)c1ncc(I)cc1C(F)F. The largest absolute Gasteiger partial charge is 0.279 e. The maximum Gasteiger partial charge on any atom is 0.279 e. The number of alkyl halides is 2. The van der Waals surface area contributed by atoms with Crippen molar-refractivity contribution in [2.24, 2.45) is 0 Å². The molecule has 0 aliphatic carbocycles. The highest BCUT2D eigenvalue weighted by Crippen LogP contribution is 2.27. The molecule has 0 aromatic carbocycles. The Kier molecular flexibility index (Phi) is 3.64. The first kappa shape index (κ1) is 12.1. The molecule has 14 heavy (non-hydrogen) atoms. The molecule has 1 aromatic heterocycles. The molecule has 0 aliphatic rings. The average molecular weight is 354 g/mol. The molecular formula is C6H3ClF2INO2S. The Labute approximate surface area is 97.0 Å². The van der Waals surface area contributed by atoms with Gasteiger partial charge in [-0.25, -0.2) is 22.2 Å². The molecule has 78 valence electrons. The fraction of sp³-hybridized carbons (Fsp3) is 0.167. The van der Waals surface area contributed by atoms with Crippen LogP contribution in [0, 0.1) is 3.57 Å². The van der Waals surface area contributed by atoms with Crippen molar-refractivity contribution < 1.29 is 17.2 Å². The van der Waals surface area contributed by atoms with Gasteiger partial charge in [-0.1, -0.05) is 0 Å². The maximum absolute atomic E-state index is 12.4. The van der Waals surface area contributed by atoms with Gasteiger partial charge in [-0.05, 0) is 28.7 Å². The van der Waals surface area contributed by atoms with E-state index in [9.17, 15) is 17.2 Å². The van der Waals surface area contributed by atoms with Crippen LogP contribution in [-0.2, 0) is 9.05 Å². The van der Waals surface area contributed by atoms with Gasteiger partial charge in [-0.2, -0.15) is 0 Å². The summed E-state index contributed by atoms with van der Waals surface area (Å²) in [5, 5.41) is -0.783. The normalized spacial score (nSPS) is 12.1. The van der Waals surface area contributed by atoms with Crippen molar-refractivity contribution in [2.75, 3.05) is 0 Å². The summed E-state index contributed by atoms with van der Waals surface area (Å²) in [6, 6.07) is 1.04. The summed E-state index contributed by atoms with van der Waals surface area (Å²) < 4.78 is 46.8. The van der Waals surface area contributed by atoms with Crippen LogP contribution in [0.25, 0.3) is 0 Å². The van der Waals surface area contributed by atoms with Gasteiger partial charge in [0.25, 0.3) is 15.5 Å². The highest BCUT2D eigenvalue weighted by Gasteiger charge is 2.23. The summed E-state index contributed by atoms with van der Waals surface area (Å²) in [5.41, 5.74) is -0.674. The third kappa shape index (κ3) is 2.74. The van der Waals surface area contributed by atoms with E-state index in [0.29, 0.717) is 3.57 Å². The predicted molar refractivity (Wildman–Crippen MR) is 54.9 cm³/mol. The Bertz CT molecular complexity index is 451. The van der Waals surface area contributed by atoms with Crippen LogP contribution in [0.1, 0.15) is 12.0 Å². The van der Waals surface area contributed by atoms with E-state index in [1.807, 2.05) is 0 Å². The number of nitrogens with zero attached hydrogens (tertiary/aromatic N) is 1. The zero-order valence-corrected chi connectivity index (χ0v) is 10.1. The molecule has 0 atom stereocenters. The van der Waals surface area contributed by atoms with Crippen LogP contribution in [0.4, 0.5) is 8.78 Å². The minimum atomic E-state index is -4.22. The maximum atomic E-state index is 12.4. The van der Waals surface area contributed by atoms with E-state index < -0.39 is 26.1 Å². The standard InChI is InChI=1S/C6H3ClF2INO2S/c7-14(12,13)6-4(5(8)9)1-3(10)2-11-6/h1-2,5H. The second-order valence-corrected chi connectivity index (χ2v) is 6.01. The van der Waals surface area contributed by atoms with Crippen LogP contribution in [-0.4, -0.2) is 13.4 Å². The highest BCUT2D eigenvalue weighted by molar-refractivity contribution is 14.1. The van der Waals surface area contributed by atoms with Crippen molar-refractivity contribution in [3.8, 4) is 0 Å². The van der Waals surface area contributed by atoms with E-state index in [4.69, 9.17) is 10.7 Å². The summed E-state index contributed by atoms with van der Waals surface area (Å²) in [6.07, 6.45) is -1.76. The lowest BCUT2D eigenvalue weighted by Crippen LogP contribution is -2.02. The van der Waals surface area contributed by atoms with Crippen LogP contribution < -0.4 is 0 Å². The lowest BCUT2D eigenvalue weighted by atomic mass is 10.3. The molecule has 0 saturated carbocycles. The van der Waals surface area contributed by atoms with Crippen LogP contribution in [0.2, 0.25) is 0 Å². The van der Waals surface area contributed by atoms with Crippen molar-refractivity contribution in [2.45, 2.75) is 11.5 Å². The van der Waals surface area contributed by atoms with E-state index in [1.165, 1.54) is 0 Å². The third-order valence-electron chi connectivity index (χ3n) is 1.31. The Morgan fingerprint density at radius 3 is 2.50 bits per heavy atom. The van der Waals surface area contributed by atoms with Gasteiger partial charge in [0.15, 0.2) is 5.03 Å². The smallest absolute Gasteiger partial charge is 0.242 e.